The van der Waals surface area contributed by atoms with Gasteiger partial charge < -0.3 is 5.32 Å². The second-order valence-electron chi connectivity index (χ2n) is 7.00. The van der Waals surface area contributed by atoms with E-state index in [-0.39, 0.29) is 15.6 Å². The summed E-state index contributed by atoms with van der Waals surface area (Å²) in [6.45, 7) is 2.37. The molecule has 0 bridgehead atoms. The van der Waals surface area contributed by atoms with Gasteiger partial charge in [0.05, 0.1) is 16.1 Å². The third-order valence-corrected chi connectivity index (χ3v) is 6.84. The van der Waals surface area contributed by atoms with Crippen LogP contribution < -0.4 is 5.32 Å². The Morgan fingerprint density at radius 3 is 2.27 bits per heavy atom. The van der Waals surface area contributed by atoms with Crippen LogP contribution in [0.2, 0.25) is 0 Å². The van der Waals surface area contributed by atoms with Crippen molar-refractivity contribution in [2.24, 2.45) is 0 Å². The van der Waals surface area contributed by atoms with Gasteiger partial charge in [-0.3, -0.25) is 4.98 Å². The minimum Gasteiger partial charge on any atom is -0.379 e. The highest BCUT2D eigenvalue weighted by Gasteiger charge is 2.23. The molecule has 0 atom stereocenters. The summed E-state index contributed by atoms with van der Waals surface area (Å²) in [6, 6.07) is 20.4. The molecule has 1 aromatic heterocycles. The molecular formula is C24H21FN2O2S. The monoisotopic (exact) mass is 420 g/mol. The van der Waals surface area contributed by atoms with Crippen LogP contribution in [0.5, 0.6) is 0 Å². The van der Waals surface area contributed by atoms with Crippen molar-refractivity contribution in [3.05, 3.63) is 95.9 Å². The molecule has 4 nitrogen and oxygen atoms in total. The summed E-state index contributed by atoms with van der Waals surface area (Å²) in [7, 11) is -3.78. The average molecular weight is 421 g/mol. The molecule has 0 aliphatic rings. The van der Waals surface area contributed by atoms with E-state index in [0.29, 0.717) is 23.1 Å². The Hall–Kier alpha value is -3.25. The van der Waals surface area contributed by atoms with E-state index in [2.05, 4.69) is 10.3 Å². The van der Waals surface area contributed by atoms with Gasteiger partial charge in [0.15, 0.2) is 0 Å². The van der Waals surface area contributed by atoms with Gasteiger partial charge in [0, 0.05) is 18.1 Å². The Labute approximate surface area is 175 Å². The molecule has 4 rings (SSSR count). The maximum atomic E-state index is 13.4. The molecular weight excluding hydrogens is 399 g/mol. The lowest BCUT2D eigenvalue weighted by molar-refractivity contribution is 0.596. The summed E-state index contributed by atoms with van der Waals surface area (Å²) in [6.07, 6.45) is 2.24. The van der Waals surface area contributed by atoms with Crippen LogP contribution in [0.25, 0.3) is 10.9 Å². The van der Waals surface area contributed by atoms with E-state index >= 15 is 0 Å². The minimum absolute atomic E-state index is 0.118. The molecule has 0 spiro atoms. The van der Waals surface area contributed by atoms with Crippen molar-refractivity contribution in [3.63, 3.8) is 0 Å². The van der Waals surface area contributed by atoms with Gasteiger partial charge in [-0.1, -0.05) is 49.4 Å². The molecule has 0 unspecified atom stereocenters. The Balaban J connectivity index is 1.80. The summed E-state index contributed by atoms with van der Waals surface area (Å²) in [5, 5.41) is 3.96. The number of anilines is 1. The molecule has 152 valence electrons. The van der Waals surface area contributed by atoms with Gasteiger partial charge in [-0.25, -0.2) is 12.8 Å². The highest BCUT2D eigenvalue weighted by molar-refractivity contribution is 7.91. The fourth-order valence-electron chi connectivity index (χ4n) is 3.33. The number of benzene rings is 3. The number of rotatable bonds is 6. The largest absolute Gasteiger partial charge is 0.379 e. The standard InChI is InChI=1S/C24H21FN2O2S/c1-2-17-9-13-20(14-10-17)30(28,29)23-16-26-22-6-4-3-5-21(22)24(23)27-15-18-7-11-19(25)12-8-18/h3-14,16H,2,15H2,1H3,(H,26,27). The normalized spacial score (nSPS) is 11.5. The van der Waals surface area contributed by atoms with Gasteiger partial charge >= 0.3 is 0 Å². The lowest BCUT2D eigenvalue weighted by Crippen LogP contribution is -2.09. The number of hydrogen-bond acceptors (Lipinski definition) is 4. The van der Waals surface area contributed by atoms with Crippen molar-refractivity contribution >= 4 is 26.4 Å². The second kappa shape index (κ2) is 8.24. The fourth-order valence-corrected chi connectivity index (χ4v) is 4.72. The fraction of sp³-hybridized carbons (Fsp3) is 0.125. The first-order valence-electron chi connectivity index (χ1n) is 9.69. The molecule has 0 radical (unpaired) electrons. The Morgan fingerprint density at radius 1 is 0.900 bits per heavy atom. The van der Waals surface area contributed by atoms with Crippen LogP contribution in [0.1, 0.15) is 18.1 Å². The number of pyridine rings is 1. The van der Waals surface area contributed by atoms with Crippen LogP contribution in [0.4, 0.5) is 10.1 Å². The molecule has 30 heavy (non-hydrogen) atoms. The van der Waals surface area contributed by atoms with Crippen molar-refractivity contribution in [1.29, 1.82) is 0 Å². The molecule has 0 saturated heterocycles. The molecule has 0 saturated carbocycles. The van der Waals surface area contributed by atoms with Crippen molar-refractivity contribution in [1.82, 2.24) is 4.98 Å². The van der Waals surface area contributed by atoms with E-state index < -0.39 is 9.84 Å². The molecule has 6 heteroatoms. The van der Waals surface area contributed by atoms with Crippen molar-refractivity contribution in [3.8, 4) is 0 Å². The highest BCUT2D eigenvalue weighted by atomic mass is 32.2. The summed E-state index contributed by atoms with van der Waals surface area (Å²) < 4.78 is 40.1. The maximum absolute atomic E-state index is 13.4. The van der Waals surface area contributed by atoms with Crippen LogP contribution in [0.3, 0.4) is 0 Å². The predicted octanol–water partition coefficient (Wildman–Crippen LogP) is 5.38. The Morgan fingerprint density at radius 2 is 1.57 bits per heavy atom. The van der Waals surface area contributed by atoms with E-state index in [1.54, 1.807) is 24.3 Å². The summed E-state index contributed by atoms with van der Waals surface area (Å²) in [5.41, 5.74) is 3.09. The third-order valence-electron chi connectivity index (χ3n) is 5.05. The highest BCUT2D eigenvalue weighted by Crippen LogP contribution is 2.33. The van der Waals surface area contributed by atoms with Gasteiger partial charge in [-0.2, -0.15) is 0 Å². The molecule has 1 heterocycles. The number of nitrogens with zero attached hydrogens (tertiary/aromatic N) is 1. The van der Waals surface area contributed by atoms with E-state index in [4.69, 9.17) is 0 Å². The second-order valence-corrected chi connectivity index (χ2v) is 8.91. The topological polar surface area (TPSA) is 59.1 Å². The number of sulfone groups is 1. The molecule has 0 aliphatic carbocycles. The zero-order valence-corrected chi connectivity index (χ0v) is 17.3. The zero-order chi connectivity index (χ0) is 21.1. The number of nitrogens with one attached hydrogen (secondary N) is 1. The van der Waals surface area contributed by atoms with Crippen LogP contribution in [-0.2, 0) is 22.8 Å². The van der Waals surface area contributed by atoms with Crippen LogP contribution >= 0.6 is 0 Å². The van der Waals surface area contributed by atoms with Crippen LogP contribution in [-0.4, -0.2) is 13.4 Å². The van der Waals surface area contributed by atoms with E-state index in [9.17, 15) is 12.8 Å². The minimum atomic E-state index is -3.78. The smallest absolute Gasteiger partial charge is 0.210 e. The van der Waals surface area contributed by atoms with Crippen molar-refractivity contribution in [2.45, 2.75) is 29.7 Å². The SMILES string of the molecule is CCc1ccc(S(=O)(=O)c2cnc3ccccc3c2NCc2ccc(F)cc2)cc1. The van der Waals surface area contributed by atoms with Crippen LogP contribution in [0.15, 0.2) is 88.8 Å². The van der Waals surface area contributed by atoms with E-state index in [0.717, 1.165) is 17.5 Å². The molecule has 0 aliphatic heterocycles. The first-order valence-corrected chi connectivity index (χ1v) is 11.2. The molecule has 0 amide bonds. The quantitative estimate of drug-likeness (QED) is 0.455. The zero-order valence-electron chi connectivity index (χ0n) is 16.5. The molecule has 3 aromatic carbocycles. The van der Waals surface area contributed by atoms with Gasteiger partial charge in [0.1, 0.15) is 10.7 Å². The summed E-state index contributed by atoms with van der Waals surface area (Å²) >= 11 is 0. The Bertz CT molecular complexity index is 1290. The third kappa shape index (κ3) is 3.91. The lowest BCUT2D eigenvalue weighted by atomic mass is 10.1. The summed E-state index contributed by atoms with van der Waals surface area (Å²) in [4.78, 5) is 4.71. The maximum Gasteiger partial charge on any atom is 0.210 e. The van der Waals surface area contributed by atoms with E-state index in [1.165, 1.54) is 18.3 Å². The van der Waals surface area contributed by atoms with Crippen molar-refractivity contribution < 1.29 is 12.8 Å². The number of hydrogen-bond donors (Lipinski definition) is 1. The number of para-hydroxylation sites is 1. The Kier molecular flexibility index (Phi) is 5.50. The first kappa shape index (κ1) is 20.0. The van der Waals surface area contributed by atoms with Crippen LogP contribution in [0, 0.1) is 5.82 Å². The van der Waals surface area contributed by atoms with E-state index in [1.807, 2.05) is 43.3 Å². The number of aryl methyl sites for hydroxylation is 1. The number of aromatic nitrogens is 1. The molecule has 0 fully saturated rings. The summed E-state index contributed by atoms with van der Waals surface area (Å²) in [5.74, 6) is -0.313. The average Bonchev–Trinajstić information content (AvgIpc) is 2.78. The van der Waals surface area contributed by atoms with Gasteiger partial charge in [0.2, 0.25) is 9.84 Å². The lowest BCUT2D eigenvalue weighted by Gasteiger charge is -2.15. The van der Waals surface area contributed by atoms with Gasteiger partial charge in [-0.15, -0.1) is 0 Å². The first-order chi connectivity index (χ1) is 14.5. The number of fused-ring (bicyclic) bond motifs is 1. The van der Waals surface area contributed by atoms with Gasteiger partial charge in [0.25, 0.3) is 0 Å². The van der Waals surface area contributed by atoms with Gasteiger partial charge in [-0.05, 0) is 47.9 Å². The predicted molar refractivity (Wildman–Crippen MR) is 117 cm³/mol. The molecule has 4 aromatic rings. The van der Waals surface area contributed by atoms with Crippen molar-refractivity contribution in [2.75, 3.05) is 5.32 Å². The molecule has 1 N–H and O–H groups in total. The number of halogens is 1.